The largest absolute Gasteiger partial charge is 0.478 e. The number of rotatable bonds is 6. The van der Waals surface area contributed by atoms with Crippen LogP contribution in [-0.2, 0) is 0 Å². The van der Waals surface area contributed by atoms with Crippen molar-refractivity contribution in [2.45, 2.75) is 6.92 Å². The van der Waals surface area contributed by atoms with Crippen molar-refractivity contribution in [3.8, 4) is 11.1 Å². The predicted octanol–water partition coefficient (Wildman–Crippen LogP) is 5.89. The number of nitrogens with one attached hydrogen (secondary N) is 1. The highest BCUT2D eigenvalue weighted by molar-refractivity contribution is 6.16. The SMILES string of the molecule is Cc1cccc(-c2ccccc2)c1C(=O)Nc1ccccc1C(=O)N(C)c1ccccc1C(=O)O. The van der Waals surface area contributed by atoms with E-state index in [9.17, 15) is 19.5 Å². The molecule has 0 aliphatic rings. The van der Waals surface area contributed by atoms with Gasteiger partial charge in [0.1, 0.15) is 0 Å². The third kappa shape index (κ3) is 4.82. The number of hydrogen-bond donors (Lipinski definition) is 2. The quantitative estimate of drug-likeness (QED) is 0.373. The van der Waals surface area contributed by atoms with E-state index in [4.69, 9.17) is 0 Å². The Morgan fingerprint density at radius 3 is 2.09 bits per heavy atom. The molecule has 0 aliphatic heterocycles. The first-order chi connectivity index (χ1) is 16.9. The van der Waals surface area contributed by atoms with Crippen molar-refractivity contribution in [2.24, 2.45) is 0 Å². The maximum Gasteiger partial charge on any atom is 0.337 e. The van der Waals surface area contributed by atoms with Gasteiger partial charge in [0.2, 0.25) is 0 Å². The lowest BCUT2D eigenvalue weighted by atomic mass is 9.95. The summed E-state index contributed by atoms with van der Waals surface area (Å²) in [6.07, 6.45) is 0. The van der Waals surface area contributed by atoms with Gasteiger partial charge in [0.15, 0.2) is 0 Å². The third-order valence-electron chi connectivity index (χ3n) is 5.79. The average molecular weight is 465 g/mol. The van der Waals surface area contributed by atoms with Crippen LogP contribution < -0.4 is 10.2 Å². The van der Waals surface area contributed by atoms with Gasteiger partial charge in [0, 0.05) is 7.05 Å². The molecule has 2 N–H and O–H groups in total. The van der Waals surface area contributed by atoms with Crippen molar-refractivity contribution >= 4 is 29.2 Å². The number of aromatic carboxylic acids is 1. The molecule has 0 saturated carbocycles. The van der Waals surface area contributed by atoms with Gasteiger partial charge >= 0.3 is 5.97 Å². The van der Waals surface area contributed by atoms with E-state index in [1.807, 2.05) is 55.5 Å². The van der Waals surface area contributed by atoms with Gasteiger partial charge in [-0.25, -0.2) is 4.79 Å². The molecule has 0 radical (unpaired) electrons. The first-order valence-corrected chi connectivity index (χ1v) is 11.0. The number of hydrogen-bond acceptors (Lipinski definition) is 3. The van der Waals surface area contributed by atoms with Crippen LogP contribution in [0.1, 0.15) is 36.6 Å². The highest BCUT2D eigenvalue weighted by atomic mass is 16.4. The molecule has 0 fully saturated rings. The molecule has 0 atom stereocenters. The standard InChI is InChI=1S/C29H24N2O4/c1-19-11-10-16-21(20-12-4-3-5-13-20)26(19)27(32)30-24-17-8-6-14-22(24)28(33)31(2)25-18-9-7-15-23(25)29(34)35/h3-18H,1-2H3,(H,30,32)(H,34,35). The average Bonchev–Trinajstić information content (AvgIpc) is 2.88. The van der Waals surface area contributed by atoms with Gasteiger partial charge in [-0.15, -0.1) is 0 Å². The molecule has 4 rings (SSSR count). The molecule has 0 aliphatic carbocycles. The van der Waals surface area contributed by atoms with Gasteiger partial charge in [0.05, 0.1) is 28.1 Å². The Bertz CT molecular complexity index is 1410. The summed E-state index contributed by atoms with van der Waals surface area (Å²) >= 11 is 0. The Morgan fingerprint density at radius 1 is 0.743 bits per heavy atom. The molecule has 6 nitrogen and oxygen atoms in total. The minimum atomic E-state index is -1.13. The molecule has 0 saturated heterocycles. The lowest BCUT2D eigenvalue weighted by molar-refractivity contribution is 0.0697. The van der Waals surface area contributed by atoms with Crippen molar-refractivity contribution in [1.82, 2.24) is 0 Å². The van der Waals surface area contributed by atoms with E-state index in [1.165, 1.54) is 18.0 Å². The second-order valence-electron chi connectivity index (χ2n) is 8.05. The van der Waals surface area contributed by atoms with E-state index in [0.29, 0.717) is 11.3 Å². The number of amides is 2. The van der Waals surface area contributed by atoms with Crippen LogP contribution in [0.3, 0.4) is 0 Å². The number of para-hydroxylation sites is 2. The van der Waals surface area contributed by atoms with E-state index in [0.717, 1.165) is 16.7 Å². The molecular formula is C29H24N2O4. The summed E-state index contributed by atoms with van der Waals surface area (Å²) < 4.78 is 0. The van der Waals surface area contributed by atoms with Gasteiger partial charge < -0.3 is 15.3 Å². The molecule has 6 heteroatoms. The van der Waals surface area contributed by atoms with Crippen LogP contribution in [0.2, 0.25) is 0 Å². The lowest BCUT2D eigenvalue weighted by Gasteiger charge is -2.21. The second kappa shape index (κ2) is 10.1. The highest BCUT2D eigenvalue weighted by Gasteiger charge is 2.23. The summed E-state index contributed by atoms with van der Waals surface area (Å²) in [6.45, 7) is 1.87. The fraction of sp³-hybridized carbons (Fsp3) is 0.0690. The molecule has 2 amide bonds. The van der Waals surface area contributed by atoms with E-state index in [2.05, 4.69) is 5.32 Å². The van der Waals surface area contributed by atoms with Gasteiger partial charge in [-0.1, -0.05) is 72.8 Å². The molecular weight excluding hydrogens is 440 g/mol. The number of nitrogens with zero attached hydrogens (tertiary/aromatic N) is 1. The number of carbonyl (C=O) groups excluding carboxylic acids is 2. The monoisotopic (exact) mass is 464 g/mol. The number of anilines is 2. The Labute approximate surface area is 203 Å². The number of benzene rings is 4. The van der Waals surface area contributed by atoms with Crippen molar-refractivity contribution in [2.75, 3.05) is 17.3 Å². The summed E-state index contributed by atoms with van der Waals surface area (Å²) in [6, 6.07) is 28.3. The van der Waals surface area contributed by atoms with Crippen LogP contribution in [0.15, 0.2) is 97.1 Å². The van der Waals surface area contributed by atoms with Crippen LogP contribution in [0.25, 0.3) is 11.1 Å². The smallest absolute Gasteiger partial charge is 0.337 e. The Hall–Kier alpha value is -4.71. The number of carboxylic acid groups (broad SMARTS) is 1. The molecule has 174 valence electrons. The zero-order valence-electron chi connectivity index (χ0n) is 19.4. The summed E-state index contributed by atoms with van der Waals surface area (Å²) in [5.74, 6) is -1.91. The third-order valence-corrected chi connectivity index (χ3v) is 5.79. The van der Waals surface area contributed by atoms with Gasteiger partial charge in [-0.2, -0.15) is 0 Å². The molecule has 0 spiro atoms. The fourth-order valence-corrected chi connectivity index (χ4v) is 4.03. The van der Waals surface area contributed by atoms with Crippen molar-refractivity contribution < 1.29 is 19.5 Å². The zero-order chi connectivity index (χ0) is 24.9. The molecule has 0 heterocycles. The van der Waals surface area contributed by atoms with Crippen LogP contribution in [0.5, 0.6) is 0 Å². The molecule has 4 aromatic carbocycles. The maximum absolute atomic E-state index is 13.5. The molecule has 0 unspecified atom stereocenters. The Balaban J connectivity index is 1.69. The van der Waals surface area contributed by atoms with Gasteiger partial charge in [-0.3, -0.25) is 9.59 Å². The first kappa shape index (κ1) is 23.4. The molecule has 4 aromatic rings. The number of carbonyl (C=O) groups is 3. The van der Waals surface area contributed by atoms with Crippen LogP contribution in [0.4, 0.5) is 11.4 Å². The lowest BCUT2D eigenvalue weighted by Crippen LogP contribution is -2.29. The molecule has 0 aromatic heterocycles. The molecule has 35 heavy (non-hydrogen) atoms. The summed E-state index contributed by atoms with van der Waals surface area (Å²) in [5, 5.41) is 12.4. The number of aryl methyl sites for hydroxylation is 1. The first-order valence-electron chi connectivity index (χ1n) is 11.0. The number of carboxylic acids is 1. The highest BCUT2D eigenvalue weighted by Crippen LogP contribution is 2.28. The van der Waals surface area contributed by atoms with Crippen LogP contribution in [-0.4, -0.2) is 29.9 Å². The summed E-state index contributed by atoms with van der Waals surface area (Å²) in [4.78, 5) is 39.8. The van der Waals surface area contributed by atoms with Gasteiger partial charge in [0.25, 0.3) is 11.8 Å². The maximum atomic E-state index is 13.5. The van der Waals surface area contributed by atoms with Crippen molar-refractivity contribution in [3.63, 3.8) is 0 Å². The fourth-order valence-electron chi connectivity index (χ4n) is 4.03. The predicted molar refractivity (Wildman–Crippen MR) is 137 cm³/mol. The van der Waals surface area contributed by atoms with E-state index in [1.54, 1.807) is 42.5 Å². The Morgan fingerprint density at radius 2 is 1.37 bits per heavy atom. The van der Waals surface area contributed by atoms with Crippen molar-refractivity contribution in [3.05, 3.63) is 119 Å². The van der Waals surface area contributed by atoms with Crippen LogP contribution in [0, 0.1) is 6.92 Å². The van der Waals surface area contributed by atoms with E-state index >= 15 is 0 Å². The van der Waals surface area contributed by atoms with Gasteiger partial charge in [-0.05, 0) is 47.9 Å². The second-order valence-corrected chi connectivity index (χ2v) is 8.05. The van der Waals surface area contributed by atoms with Crippen LogP contribution >= 0.6 is 0 Å². The van der Waals surface area contributed by atoms with E-state index in [-0.39, 0.29) is 22.7 Å². The normalized spacial score (nSPS) is 10.5. The minimum absolute atomic E-state index is 0.0114. The Kier molecular flexibility index (Phi) is 6.73. The zero-order valence-corrected chi connectivity index (χ0v) is 19.4. The van der Waals surface area contributed by atoms with Crippen molar-refractivity contribution in [1.29, 1.82) is 0 Å². The molecule has 0 bridgehead atoms. The summed E-state index contributed by atoms with van der Waals surface area (Å²) in [7, 11) is 1.51. The summed E-state index contributed by atoms with van der Waals surface area (Å²) in [5.41, 5.74) is 3.89. The van der Waals surface area contributed by atoms with E-state index < -0.39 is 11.9 Å². The topological polar surface area (TPSA) is 86.7 Å². The minimum Gasteiger partial charge on any atom is -0.478 e.